The van der Waals surface area contributed by atoms with Crippen molar-refractivity contribution in [2.75, 3.05) is 12.4 Å². The van der Waals surface area contributed by atoms with E-state index in [0.717, 1.165) is 41.5 Å². The summed E-state index contributed by atoms with van der Waals surface area (Å²) >= 11 is 4.32. The van der Waals surface area contributed by atoms with Gasteiger partial charge in [0.15, 0.2) is 11.9 Å². The molecule has 2 N–H and O–H groups in total. The highest BCUT2D eigenvalue weighted by atomic mass is 32.1. The van der Waals surface area contributed by atoms with Gasteiger partial charge in [0.25, 0.3) is 5.91 Å². The van der Waals surface area contributed by atoms with E-state index in [4.69, 9.17) is 0 Å². The first kappa shape index (κ1) is 30.6. The number of benzene rings is 2. The Morgan fingerprint density at radius 1 is 1.13 bits per heavy atom. The van der Waals surface area contributed by atoms with Crippen molar-refractivity contribution in [1.82, 2.24) is 10.2 Å². The third-order valence-electron chi connectivity index (χ3n) is 8.32. The van der Waals surface area contributed by atoms with Gasteiger partial charge < -0.3 is 15.3 Å². The van der Waals surface area contributed by atoms with E-state index >= 15 is 0 Å². The standard InChI is InChI=1S/C32H42N2O4S/c1-5-32(4,23(3)18-26-15-10-9-12-22(26)2)28(35)20-34(21-39)31(38)29(36)27(19-24-13-7-6-8-14-24)33-30(37)25-16-11-17-25/h6-10,12-15,25,27,29,36,39H,3,5,11,16-21H2,1-2,4H3,(H,33,37)/t27?,29-,32-/m0/s1. The lowest BCUT2D eigenvalue weighted by molar-refractivity contribution is -0.145. The third-order valence-corrected chi connectivity index (χ3v) is 8.66. The molecule has 0 saturated heterocycles. The Labute approximate surface area is 238 Å². The van der Waals surface area contributed by atoms with Gasteiger partial charge >= 0.3 is 0 Å². The van der Waals surface area contributed by atoms with E-state index in [1.165, 1.54) is 4.90 Å². The molecule has 1 aliphatic carbocycles. The summed E-state index contributed by atoms with van der Waals surface area (Å²) in [5, 5.41) is 14.1. The lowest BCUT2D eigenvalue weighted by Crippen LogP contribution is -2.55. The van der Waals surface area contributed by atoms with Crippen LogP contribution >= 0.6 is 12.6 Å². The molecular formula is C32H42N2O4S. The molecule has 0 bridgehead atoms. The topological polar surface area (TPSA) is 86.7 Å². The normalized spacial score (nSPS) is 16.3. The molecule has 2 aromatic rings. The fraction of sp³-hybridized carbons (Fsp3) is 0.469. The predicted octanol–water partition coefficient (Wildman–Crippen LogP) is 4.68. The van der Waals surface area contributed by atoms with E-state index in [-0.39, 0.29) is 30.0 Å². The second kappa shape index (κ2) is 13.9. The Bertz CT molecular complexity index is 1160. The van der Waals surface area contributed by atoms with E-state index in [2.05, 4.69) is 24.5 Å². The smallest absolute Gasteiger partial charge is 0.254 e. The number of rotatable bonds is 14. The maximum Gasteiger partial charge on any atom is 0.254 e. The van der Waals surface area contributed by atoms with Gasteiger partial charge in [0.1, 0.15) is 0 Å². The van der Waals surface area contributed by atoms with E-state index in [1.807, 2.05) is 75.4 Å². The van der Waals surface area contributed by atoms with Crippen LogP contribution in [0, 0.1) is 18.3 Å². The number of aryl methyl sites for hydroxylation is 1. The molecule has 0 heterocycles. The largest absolute Gasteiger partial charge is 0.381 e. The van der Waals surface area contributed by atoms with Crippen molar-refractivity contribution in [1.29, 1.82) is 0 Å². The average Bonchev–Trinajstić information content (AvgIpc) is 2.90. The summed E-state index contributed by atoms with van der Waals surface area (Å²) in [6, 6.07) is 16.6. The summed E-state index contributed by atoms with van der Waals surface area (Å²) < 4.78 is 0. The molecule has 2 amide bonds. The van der Waals surface area contributed by atoms with Crippen LogP contribution in [0.5, 0.6) is 0 Å². The molecule has 0 aromatic heterocycles. The number of ketones is 1. The summed E-state index contributed by atoms with van der Waals surface area (Å²) in [6.45, 7) is 9.90. The minimum absolute atomic E-state index is 0.0413. The highest BCUT2D eigenvalue weighted by Crippen LogP contribution is 2.34. The molecule has 6 nitrogen and oxygen atoms in total. The van der Waals surface area contributed by atoms with Crippen LogP contribution in [-0.2, 0) is 27.2 Å². The Balaban J connectivity index is 1.74. The SMILES string of the molecule is C=C(Cc1ccccc1C)[C@](C)(CC)C(=O)CN(CS)C(=O)[C@@H](O)C(Cc1ccccc1)NC(=O)C1CCC1. The molecule has 0 radical (unpaired) electrons. The van der Waals surface area contributed by atoms with Gasteiger partial charge in [-0.3, -0.25) is 14.4 Å². The fourth-order valence-electron chi connectivity index (χ4n) is 4.86. The molecule has 0 aliphatic heterocycles. The number of allylic oxidation sites excluding steroid dienone is 1. The van der Waals surface area contributed by atoms with Gasteiger partial charge in [0.2, 0.25) is 5.91 Å². The Hall–Kier alpha value is -2.90. The van der Waals surface area contributed by atoms with Gasteiger partial charge in [-0.2, -0.15) is 12.6 Å². The van der Waals surface area contributed by atoms with Crippen molar-refractivity contribution in [3.8, 4) is 0 Å². The van der Waals surface area contributed by atoms with E-state index < -0.39 is 23.5 Å². The summed E-state index contributed by atoms with van der Waals surface area (Å²) in [6.07, 6.45) is 2.50. The van der Waals surface area contributed by atoms with Crippen molar-refractivity contribution >= 4 is 30.2 Å². The van der Waals surface area contributed by atoms with Gasteiger partial charge in [-0.15, -0.1) is 0 Å². The highest BCUT2D eigenvalue weighted by molar-refractivity contribution is 7.80. The third kappa shape index (κ3) is 7.61. The van der Waals surface area contributed by atoms with Crippen LogP contribution in [0.15, 0.2) is 66.7 Å². The van der Waals surface area contributed by atoms with Crippen LogP contribution in [0.2, 0.25) is 0 Å². The molecule has 1 saturated carbocycles. The minimum Gasteiger partial charge on any atom is -0.381 e. The van der Waals surface area contributed by atoms with Gasteiger partial charge in [0, 0.05) is 11.3 Å². The zero-order valence-corrected chi connectivity index (χ0v) is 24.3. The van der Waals surface area contributed by atoms with Crippen LogP contribution in [-0.4, -0.2) is 52.2 Å². The lowest BCUT2D eigenvalue weighted by Gasteiger charge is -2.34. The quantitative estimate of drug-likeness (QED) is 0.181. The first-order valence-corrected chi connectivity index (χ1v) is 14.4. The Morgan fingerprint density at radius 3 is 2.33 bits per heavy atom. The van der Waals surface area contributed by atoms with Crippen molar-refractivity contribution < 1.29 is 19.5 Å². The zero-order valence-electron chi connectivity index (χ0n) is 23.4. The van der Waals surface area contributed by atoms with Crippen molar-refractivity contribution in [3.63, 3.8) is 0 Å². The van der Waals surface area contributed by atoms with E-state index in [0.29, 0.717) is 19.3 Å². The lowest BCUT2D eigenvalue weighted by atomic mass is 9.74. The molecule has 1 aliphatic rings. The van der Waals surface area contributed by atoms with Crippen LogP contribution in [0.3, 0.4) is 0 Å². The molecule has 3 rings (SSSR count). The molecule has 210 valence electrons. The molecule has 7 heteroatoms. The minimum atomic E-state index is -1.52. The molecule has 2 aromatic carbocycles. The first-order valence-electron chi connectivity index (χ1n) is 13.8. The van der Waals surface area contributed by atoms with Gasteiger partial charge in [-0.25, -0.2) is 0 Å². The molecule has 0 spiro atoms. The summed E-state index contributed by atoms with van der Waals surface area (Å²) in [5.74, 6) is -1.06. The number of nitrogens with one attached hydrogen (secondary N) is 1. The summed E-state index contributed by atoms with van der Waals surface area (Å²) in [4.78, 5) is 41.2. The van der Waals surface area contributed by atoms with Gasteiger partial charge in [0.05, 0.1) is 18.5 Å². The second-order valence-electron chi connectivity index (χ2n) is 10.9. The maximum atomic E-state index is 13.6. The molecular weight excluding hydrogens is 508 g/mol. The number of carbonyl (C=O) groups is 3. The second-order valence-corrected chi connectivity index (χ2v) is 11.2. The first-order chi connectivity index (χ1) is 18.6. The number of thiol groups is 1. The van der Waals surface area contributed by atoms with Crippen LogP contribution < -0.4 is 5.32 Å². The van der Waals surface area contributed by atoms with Gasteiger partial charge in [-0.05, 0) is 62.6 Å². The number of amides is 2. The zero-order chi connectivity index (χ0) is 28.6. The van der Waals surface area contributed by atoms with E-state index in [9.17, 15) is 19.5 Å². The Kier molecular flexibility index (Phi) is 11.0. The van der Waals surface area contributed by atoms with Crippen LogP contribution in [0.1, 0.15) is 56.2 Å². The number of aliphatic hydroxyl groups is 1. The fourth-order valence-corrected chi connectivity index (χ4v) is 5.10. The van der Waals surface area contributed by atoms with Crippen molar-refractivity contribution in [3.05, 3.63) is 83.4 Å². The molecule has 3 atom stereocenters. The maximum absolute atomic E-state index is 13.6. The summed E-state index contributed by atoms with van der Waals surface area (Å²) in [5.41, 5.74) is 3.07. The number of hydrogen-bond acceptors (Lipinski definition) is 5. The van der Waals surface area contributed by atoms with Crippen LogP contribution in [0.4, 0.5) is 0 Å². The monoisotopic (exact) mass is 550 g/mol. The predicted molar refractivity (Wildman–Crippen MR) is 158 cm³/mol. The van der Waals surface area contributed by atoms with Crippen molar-refractivity contribution in [2.24, 2.45) is 11.3 Å². The van der Waals surface area contributed by atoms with Crippen molar-refractivity contribution in [2.45, 2.75) is 71.4 Å². The van der Waals surface area contributed by atoms with Crippen LogP contribution in [0.25, 0.3) is 0 Å². The molecule has 1 unspecified atom stereocenters. The molecule has 1 fully saturated rings. The highest BCUT2D eigenvalue weighted by Gasteiger charge is 2.38. The number of Topliss-reactive ketones (excluding diaryl/α,β-unsaturated/α-hetero) is 1. The average molecular weight is 551 g/mol. The number of aliphatic hydroxyl groups excluding tert-OH is 1. The van der Waals surface area contributed by atoms with E-state index in [1.54, 1.807) is 0 Å². The molecule has 39 heavy (non-hydrogen) atoms. The number of nitrogens with zero attached hydrogens (tertiary/aromatic N) is 1. The summed E-state index contributed by atoms with van der Waals surface area (Å²) in [7, 11) is 0. The Morgan fingerprint density at radius 2 is 1.77 bits per heavy atom. The number of carbonyl (C=O) groups excluding carboxylic acids is 3. The van der Waals surface area contributed by atoms with Gasteiger partial charge in [-0.1, -0.05) is 80.1 Å². The number of hydrogen-bond donors (Lipinski definition) is 3.